The summed E-state index contributed by atoms with van der Waals surface area (Å²) in [6.07, 6.45) is 0.642. The second-order valence-electron chi connectivity index (χ2n) is 14.7. The number of carbonyl (C=O) groups excluding carboxylic acids is 4. The number of para-hydroxylation sites is 1. The van der Waals surface area contributed by atoms with Gasteiger partial charge in [-0.2, -0.15) is 0 Å². The summed E-state index contributed by atoms with van der Waals surface area (Å²) < 4.78 is 17.2. The maximum Gasteiger partial charge on any atom is 0.245 e. The molecule has 0 saturated heterocycles. The van der Waals surface area contributed by atoms with E-state index < -0.39 is 16.6 Å². The van der Waals surface area contributed by atoms with Gasteiger partial charge in [0.05, 0.1) is 47.8 Å². The molecule has 1 aliphatic heterocycles. The van der Waals surface area contributed by atoms with Crippen LogP contribution in [0.2, 0.25) is 0 Å². The van der Waals surface area contributed by atoms with Gasteiger partial charge in [-0.15, -0.1) is 0 Å². The lowest BCUT2D eigenvalue weighted by Crippen LogP contribution is -2.45. The van der Waals surface area contributed by atoms with E-state index in [1.54, 1.807) is 17.0 Å². The van der Waals surface area contributed by atoms with E-state index in [2.05, 4.69) is 16.0 Å². The van der Waals surface area contributed by atoms with Crippen molar-refractivity contribution in [1.29, 1.82) is 0 Å². The highest BCUT2D eigenvalue weighted by Gasteiger charge is 2.32. The van der Waals surface area contributed by atoms with Crippen LogP contribution in [0.5, 0.6) is 0 Å². The van der Waals surface area contributed by atoms with E-state index in [4.69, 9.17) is 25.8 Å². The molecule has 0 spiro atoms. The van der Waals surface area contributed by atoms with Crippen LogP contribution in [0, 0.1) is 5.41 Å². The van der Waals surface area contributed by atoms with E-state index >= 15 is 0 Å². The van der Waals surface area contributed by atoms with Crippen LogP contribution in [-0.2, 0) is 39.9 Å². The third-order valence-corrected chi connectivity index (χ3v) is 8.83. The smallest absolute Gasteiger partial charge is 0.245 e. The molecule has 3 rings (SSSR count). The monoisotopic (exact) mass is 784 g/mol. The number of anilines is 1. The summed E-state index contributed by atoms with van der Waals surface area (Å²) in [4.78, 5) is 52.1. The lowest BCUT2D eigenvalue weighted by Gasteiger charge is -2.36. The molecule has 0 unspecified atom stereocenters. The van der Waals surface area contributed by atoms with Gasteiger partial charge >= 0.3 is 0 Å². The van der Waals surface area contributed by atoms with E-state index in [1.807, 2.05) is 118 Å². The van der Waals surface area contributed by atoms with Gasteiger partial charge < -0.3 is 45.8 Å². The average molecular weight is 784 g/mol. The van der Waals surface area contributed by atoms with Crippen LogP contribution in [0.3, 0.4) is 0 Å². The first kappa shape index (κ1) is 49.5. The molecule has 7 N–H and O–H groups in total. The number of fused-ring (bicyclic) bond motifs is 2. The van der Waals surface area contributed by atoms with Crippen molar-refractivity contribution < 1.29 is 33.4 Å². The van der Waals surface area contributed by atoms with Crippen molar-refractivity contribution in [2.24, 2.45) is 17.0 Å². The van der Waals surface area contributed by atoms with Crippen LogP contribution in [0.25, 0.3) is 11.4 Å². The quantitative estimate of drug-likeness (QED) is 0.0601. The van der Waals surface area contributed by atoms with E-state index in [9.17, 15) is 19.2 Å². The molecule has 0 aromatic heterocycles. The van der Waals surface area contributed by atoms with Gasteiger partial charge in [-0.25, -0.2) is 5.84 Å². The molecule has 0 fully saturated rings. The third kappa shape index (κ3) is 15.2. The Labute approximate surface area is 335 Å². The second-order valence-corrected chi connectivity index (χ2v) is 14.7. The number of benzene rings is 2. The molecule has 0 radical (unpaired) electrons. The first-order valence-electron chi connectivity index (χ1n) is 19.5. The molecule has 1 heterocycles. The van der Waals surface area contributed by atoms with Crippen molar-refractivity contribution in [3.05, 3.63) is 65.2 Å². The molecule has 0 atom stereocenters. The van der Waals surface area contributed by atoms with Crippen molar-refractivity contribution in [2.45, 2.75) is 106 Å². The molecule has 2 aromatic rings. The molecular formula is C42H69N7O7. The van der Waals surface area contributed by atoms with Gasteiger partial charge in [0.2, 0.25) is 23.6 Å². The number of rotatable bonds is 18. The Bertz CT molecular complexity index is 1610. The Balaban J connectivity index is 0.00000379. The zero-order valence-electron chi connectivity index (χ0n) is 35.9. The van der Waals surface area contributed by atoms with Crippen LogP contribution in [0.15, 0.2) is 48.5 Å². The number of nitrogens with one attached hydrogen (secondary N) is 3. The number of nitrogens with two attached hydrogens (primary N) is 2. The molecule has 314 valence electrons. The SMILES string of the molecule is CC.CC.CNC(=O)COCOC(C)(C)CN(N)/C1=C(\N)c2ccccc2N(C(=O)CCNC(=O)CC(C)(C)OCCC(C)(C)C(=O)NC)Cc2ccccc21. The number of hydrogen-bond donors (Lipinski definition) is 5. The summed E-state index contributed by atoms with van der Waals surface area (Å²) in [7, 11) is 3.13. The molecule has 56 heavy (non-hydrogen) atoms. The Morgan fingerprint density at radius 2 is 1.43 bits per heavy atom. The maximum atomic E-state index is 13.9. The minimum Gasteiger partial charge on any atom is -0.396 e. The molecule has 0 aliphatic carbocycles. The van der Waals surface area contributed by atoms with E-state index in [0.717, 1.165) is 11.1 Å². The molecule has 0 bridgehead atoms. The molecule has 14 nitrogen and oxygen atoms in total. The van der Waals surface area contributed by atoms with Crippen molar-refractivity contribution >= 4 is 40.7 Å². The van der Waals surface area contributed by atoms with Crippen LogP contribution in [0.4, 0.5) is 5.69 Å². The Morgan fingerprint density at radius 1 is 0.821 bits per heavy atom. The normalized spacial score (nSPS) is 13.9. The number of amides is 4. The van der Waals surface area contributed by atoms with Gasteiger partial charge in [-0.05, 0) is 45.7 Å². The number of nitrogens with zero attached hydrogens (tertiary/aromatic N) is 2. The minimum atomic E-state index is -0.793. The summed E-state index contributed by atoms with van der Waals surface area (Å²) >= 11 is 0. The third-order valence-electron chi connectivity index (χ3n) is 8.83. The van der Waals surface area contributed by atoms with Crippen LogP contribution >= 0.6 is 0 Å². The van der Waals surface area contributed by atoms with Crippen LogP contribution in [-0.4, -0.2) is 87.0 Å². The Morgan fingerprint density at radius 3 is 2.05 bits per heavy atom. The van der Waals surface area contributed by atoms with Gasteiger partial charge in [0.25, 0.3) is 0 Å². The fraction of sp³-hybridized carbons (Fsp3) is 0.571. The number of hydrazine groups is 1. The fourth-order valence-corrected chi connectivity index (χ4v) is 5.81. The number of hydrogen-bond acceptors (Lipinski definition) is 10. The van der Waals surface area contributed by atoms with Crippen molar-refractivity contribution in [3.8, 4) is 0 Å². The Kier molecular flexibility index (Phi) is 20.8. The number of carbonyl (C=O) groups is 4. The largest absolute Gasteiger partial charge is 0.396 e. The van der Waals surface area contributed by atoms with Gasteiger partial charge in [-0.3, -0.25) is 19.2 Å². The predicted molar refractivity (Wildman–Crippen MR) is 223 cm³/mol. The fourth-order valence-electron chi connectivity index (χ4n) is 5.81. The van der Waals surface area contributed by atoms with Crippen LogP contribution < -0.4 is 32.4 Å². The van der Waals surface area contributed by atoms with Crippen molar-refractivity contribution in [1.82, 2.24) is 21.0 Å². The van der Waals surface area contributed by atoms with Crippen molar-refractivity contribution in [3.63, 3.8) is 0 Å². The molecular weight excluding hydrogens is 715 g/mol. The molecule has 2 aromatic carbocycles. The first-order chi connectivity index (χ1) is 26.4. The summed E-state index contributed by atoms with van der Waals surface area (Å²) in [6, 6.07) is 15.0. The number of ether oxygens (including phenoxy) is 3. The highest BCUT2D eigenvalue weighted by molar-refractivity contribution is 6.01. The first-order valence-corrected chi connectivity index (χ1v) is 19.5. The molecule has 1 aliphatic rings. The molecule has 0 saturated carbocycles. The number of likely N-dealkylation sites (N-methyl/N-ethyl adjacent to an activating group) is 1. The van der Waals surface area contributed by atoms with Gasteiger partial charge in [0.1, 0.15) is 13.4 Å². The van der Waals surface area contributed by atoms with Gasteiger partial charge in [0, 0.05) is 50.2 Å². The maximum absolute atomic E-state index is 13.9. The molecule has 4 amide bonds. The zero-order chi connectivity index (χ0) is 42.7. The van der Waals surface area contributed by atoms with E-state index in [0.29, 0.717) is 35.7 Å². The van der Waals surface area contributed by atoms with E-state index in [-0.39, 0.29) is 69.5 Å². The lowest BCUT2D eigenvalue weighted by molar-refractivity contribution is -0.148. The highest BCUT2D eigenvalue weighted by Crippen LogP contribution is 2.37. The zero-order valence-corrected chi connectivity index (χ0v) is 35.9. The second kappa shape index (κ2) is 23.5. The van der Waals surface area contributed by atoms with Crippen molar-refractivity contribution in [2.75, 3.05) is 52.1 Å². The molecule has 14 heteroatoms. The standard InChI is InChI=1S/C38H57N7O7.2C2H6/c1-36(2,35(49)42-8)18-20-51-37(3,4)21-30(46)43-19-17-32(48)44-22-26-13-9-10-14-27(26)34(33(39)28-15-11-12-16-29(28)44)45(40)24-38(5,6)52-25-50-23-31(47)41-7;2*1-2/h9-16H,17-25,39-40H2,1-8H3,(H,41,47)(H,42,49)(H,43,46);2*1-2H3/b34-33-;;. The summed E-state index contributed by atoms with van der Waals surface area (Å²) in [5.41, 5.74) is 8.56. The Hall–Kier alpha value is -4.50. The lowest BCUT2D eigenvalue weighted by atomic mass is 9.88. The highest BCUT2D eigenvalue weighted by atomic mass is 16.7. The van der Waals surface area contributed by atoms with Gasteiger partial charge in [0.15, 0.2) is 0 Å². The van der Waals surface area contributed by atoms with E-state index in [1.165, 1.54) is 7.05 Å². The average Bonchev–Trinajstić information content (AvgIpc) is 3.16. The summed E-state index contributed by atoms with van der Waals surface area (Å²) in [6.45, 7) is 19.7. The van der Waals surface area contributed by atoms with Crippen LogP contribution in [0.1, 0.15) is 105 Å². The summed E-state index contributed by atoms with van der Waals surface area (Å²) in [5.74, 6) is 5.98. The predicted octanol–water partition coefficient (Wildman–Crippen LogP) is 4.92. The topological polar surface area (TPSA) is 191 Å². The minimum absolute atomic E-state index is 0.0524. The van der Waals surface area contributed by atoms with Gasteiger partial charge in [-0.1, -0.05) is 84.0 Å². The summed E-state index contributed by atoms with van der Waals surface area (Å²) in [5, 5.41) is 9.57.